The molecule has 0 aromatic carbocycles. The van der Waals surface area contributed by atoms with Crippen molar-refractivity contribution in [3.63, 3.8) is 0 Å². The molecule has 3 nitrogen and oxygen atoms in total. The highest BCUT2D eigenvalue weighted by Crippen LogP contribution is 2.77. The minimum atomic E-state index is -0.0968. The molecule has 0 spiro atoms. The van der Waals surface area contributed by atoms with Crippen molar-refractivity contribution in [3.05, 3.63) is 42.7 Å². The molecule has 0 aliphatic heterocycles. The van der Waals surface area contributed by atoms with Gasteiger partial charge < -0.3 is 17.1 Å². The summed E-state index contributed by atoms with van der Waals surface area (Å²) in [6, 6.07) is 5.92. The van der Waals surface area contributed by atoms with Gasteiger partial charge >= 0.3 is 5.97 Å². The van der Waals surface area contributed by atoms with E-state index in [2.05, 4.69) is 55.0 Å². The van der Waals surface area contributed by atoms with E-state index in [1.54, 1.807) is 0 Å². The third-order valence-electron chi connectivity index (χ3n) is 14.8. The number of esters is 1. The van der Waals surface area contributed by atoms with Crippen LogP contribution in [-0.2, 0) is 16.1 Å². The molecular weight excluding hydrogens is 526 g/mol. The van der Waals surface area contributed by atoms with E-state index >= 15 is 0 Å². The Labute approximate surface area is 256 Å². The van der Waals surface area contributed by atoms with Gasteiger partial charge in [0.25, 0.3) is 0 Å². The quantitative estimate of drug-likeness (QED) is 0.264. The van der Waals surface area contributed by atoms with Gasteiger partial charge in [0.2, 0.25) is 6.54 Å². The Morgan fingerprint density at radius 2 is 1.54 bits per heavy atom. The summed E-state index contributed by atoms with van der Waals surface area (Å²) in [5, 5.41) is 0. The normalized spacial score (nSPS) is 46.1. The van der Waals surface area contributed by atoms with Crippen LogP contribution in [0.25, 0.3) is 0 Å². The van der Waals surface area contributed by atoms with Crippen molar-refractivity contribution in [2.45, 2.75) is 125 Å². The van der Waals surface area contributed by atoms with Gasteiger partial charge in [0.15, 0.2) is 12.4 Å². The molecule has 0 bridgehead atoms. The lowest BCUT2D eigenvalue weighted by atomic mass is 9.32. The van der Waals surface area contributed by atoms with Gasteiger partial charge in [-0.05, 0) is 122 Å². The summed E-state index contributed by atoms with van der Waals surface area (Å²) in [6.45, 7) is 22.7. The Balaban J connectivity index is 0.00000337. The first-order valence-electron chi connectivity index (χ1n) is 16.6. The van der Waals surface area contributed by atoms with Crippen LogP contribution < -0.4 is 17.0 Å². The third-order valence-corrected chi connectivity index (χ3v) is 14.8. The maximum atomic E-state index is 13.0. The van der Waals surface area contributed by atoms with Crippen molar-refractivity contribution >= 4 is 5.97 Å². The lowest BCUT2D eigenvalue weighted by molar-refractivity contribution is -0.686. The maximum Gasteiger partial charge on any atom is 0.372 e. The van der Waals surface area contributed by atoms with E-state index in [-0.39, 0.29) is 29.9 Å². The van der Waals surface area contributed by atoms with Crippen LogP contribution in [0, 0.1) is 56.7 Å². The number of rotatable bonds is 4. The summed E-state index contributed by atoms with van der Waals surface area (Å²) >= 11 is 0. The Bertz CT molecular complexity index is 1160. The number of pyridine rings is 1. The molecule has 1 aromatic rings. The fourth-order valence-electron chi connectivity index (χ4n) is 12.6. The highest BCUT2D eigenvalue weighted by molar-refractivity contribution is 5.68. The minimum Gasteiger partial charge on any atom is -1.00 e. The van der Waals surface area contributed by atoms with E-state index < -0.39 is 0 Å². The molecule has 0 amide bonds. The van der Waals surface area contributed by atoms with Crippen LogP contribution in [0.3, 0.4) is 0 Å². The van der Waals surface area contributed by atoms with Gasteiger partial charge in [-0.3, -0.25) is 0 Å². The van der Waals surface area contributed by atoms with Gasteiger partial charge in [0, 0.05) is 17.5 Å². The predicted molar refractivity (Wildman–Crippen MR) is 161 cm³/mol. The van der Waals surface area contributed by atoms with Gasteiger partial charge in [-0.25, -0.2) is 4.79 Å². The van der Waals surface area contributed by atoms with Crippen molar-refractivity contribution in [2.24, 2.45) is 56.7 Å². The van der Waals surface area contributed by atoms with Crippen molar-refractivity contribution in [1.29, 1.82) is 0 Å². The highest BCUT2D eigenvalue weighted by atomic mass is 35.5. The molecule has 5 saturated carbocycles. The molecule has 5 fully saturated rings. The second-order valence-corrected chi connectivity index (χ2v) is 16.7. The number of hydrogen-bond donors (Lipinski definition) is 0. The van der Waals surface area contributed by atoms with Crippen molar-refractivity contribution in [3.8, 4) is 0 Å². The molecule has 0 saturated heterocycles. The average molecular weight is 582 g/mol. The lowest BCUT2D eigenvalue weighted by Gasteiger charge is -2.73. The van der Waals surface area contributed by atoms with Gasteiger partial charge in [-0.2, -0.15) is 4.57 Å². The van der Waals surface area contributed by atoms with Crippen LogP contribution >= 0.6 is 0 Å². The molecule has 1 unspecified atom stereocenters. The first-order chi connectivity index (χ1) is 18.8. The fourth-order valence-corrected chi connectivity index (χ4v) is 12.6. The fraction of sp³-hybridized carbons (Fsp3) is 0.784. The monoisotopic (exact) mass is 581 g/mol. The Kier molecular flexibility index (Phi) is 7.87. The smallest absolute Gasteiger partial charge is 0.372 e. The summed E-state index contributed by atoms with van der Waals surface area (Å²) in [7, 11) is 0. The molecule has 4 heteroatoms. The molecule has 6 rings (SSSR count). The van der Waals surface area contributed by atoms with Gasteiger partial charge in [0.1, 0.15) is 6.10 Å². The lowest BCUT2D eigenvalue weighted by Crippen LogP contribution is -3.00. The highest BCUT2D eigenvalue weighted by Gasteiger charge is 2.70. The molecule has 0 N–H and O–H groups in total. The van der Waals surface area contributed by atoms with E-state index in [0.717, 1.165) is 30.1 Å². The molecule has 1 heterocycles. The summed E-state index contributed by atoms with van der Waals surface area (Å²) in [4.78, 5) is 13.0. The number of fused-ring (bicyclic) bond motifs is 7. The number of carbonyl (C=O) groups excluding carboxylic acids is 1. The topological polar surface area (TPSA) is 30.2 Å². The number of aromatic nitrogens is 1. The van der Waals surface area contributed by atoms with Crippen LogP contribution in [0.5, 0.6) is 0 Å². The van der Waals surface area contributed by atoms with Crippen molar-refractivity contribution in [2.75, 3.05) is 0 Å². The standard InChI is InChI=1S/C37H56NO2.ClH/c1-25(2)26-14-17-34(5)20-21-36(7)27(32(26)34)12-13-29-35(6)18-16-30(33(3,4)28(35)15-19-37(29,36)8)40-31(39)24-38-22-10-9-11-23-38;/h9-11,22-23,26-30,32H,1,12-21,24H2,2-8H3;1H/q+1;/p-1/t26-,27+,28-,29+,30?,32+,34+,35-,36+,37+;/m0./s1. The Morgan fingerprint density at radius 1 is 0.829 bits per heavy atom. The molecule has 41 heavy (non-hydrogen) atoms. The summed E-state index contributed by atoms with van der Waals surface area (Å²) in [5.41, 5.74) is 3.05. The number of nitrogens with zero attached hydrogens (tertiary/aromatic N) is 1. The molecule has 0 radical (unpaired) electrons. The van der Waals surface area contributed by atoms with E-state index in [0.29, 0.717) is 34.1 Å². The zero-order valence-electron chi connectivity index (χ0n) is 27.0. The molecule has 228 valence electrons. The third kappa shape index (κ3) is 4.48. The molecule has 5 aliphatic rings. The molecule has 5 aliphatic carbocycles. The van der Waals surface area contributed by atoms with Crippen LogP contribution in [-0.4, -0.2) is 12.1 Å². The number of carbonyl (C=O) groups is 1. The van der Waals surface area contributed by atoms with Crippen LogP contribution in [0.15, 0.2) is 42.7 Å². The van der Waals surface area contributed by atoms with Crippen LogP contribution in [0.2, 0.25) is 0 Å². The zero-order chi connectivity index (χ0) is 28.7. The van der Waals surface area contributed by atoms with E-state index in [1.807, 2.05) is 35.2 Å². The second kappa shape index (κ2) is 10.4. The number of allylic oxidation sites excluding steroid dienone is 1. The van der Waals surface area contributed by atoms with Crippen molar-refractivity contribution < 1.29 is 26.5 Å². The average Bonchev–Trinajstić information content (AvgIpc) is 3.25. The van der Waals surface area contributed by atoms with Crippen LogP contribution in [0.1, 0.15) is 113 Å². The summed E-state index contributed by atoms with van der Waals surface area (Å²) < 4.78 is 8.22. The Hall–Kier alpha value is -1.35. The second-order valence-electron chi connectivity index (χ2n) is 16.7. The molecule has 10 atom stereocenters. The first-order valence-corrected chi connectivity index (χ1v) is 16.6. The van der Waals surface area contributed by atoms with Crippen molar-refractivity contribution in [1.82, 2.24) is 0 Å². The van der Waals surface area contributed by atoms with Gasteiger partial charge in [0.05, 0.1) is 0 Å². The van der Waals surface area contributed by atoms with E-state index in [9.17, 15) is 4.79 Å². The zero-order valence-corrected chi connectivity index (χ0v) is 27.7. The SMILES string of the molecule is C=C(C)[C@@H]1CC[C@]2(C)CC[C@]3(C)[C@H](CC[C@@H]4[C@@]5(C)CCC(OC(=O)C[n+]6ccccc6)C(C)(C)[C@@H]5CC[C@]43C)[C@@H]12.[Cl-]. The predicted octanol–water partition coefficient (Wildman–Crippen LogP) is 5.57. The maximum absolute atomic E-state index is 13.0. The Morgan fingerprint density at radius 3 is 2.22 bits per heavy atom. The van der Waals surface area contributed by atoms with E-state index in [4.69, 9.17) is 4.74 Å². The molecular formula is C37H56ClNO2. The molecule has 1 aromatic heterocycles. The first kappa shape index (κ1) is 31.1. The van der Waals surface area contributed by atoms with Gasteiger partial charge in [-0.1, -0.05) is 59.8 Å². The number of ether oxygens (including phenoxy) is 1. The summed E-state index contributed by atoms with van der Waals surface area (Å²) in [5.74, 6) is 3.63. The van der Waals surface area contributed by atoms with Gasteiger partial charge in [-0.15, -0.1) is 0 Å². The summed E-state index contributed by atoms with van der Waals surface area (Å²) in [6.07, 6.45) is 17.0. The number of hydrogen-bond acceptors (Lipinski definition) is 2. The van der Waals surface area contributed by atoms with E-state index in [1.165, 1.54) is 63.4 Å². The number of halogens is 1. The largest absolute Gasteiger partial charge is 1.00 e. The minimum absolute atomic E-state index is 0. The van der Waals surface area contributed by atoms with Crippen LogP contribution in [0.4, 0.5) is 0 Å².